The lowest BCUT2D eigenvalue weighted by Crippen LogP contribution is -2.23. The molecule has 1 rings (SSSR count). The number of nitrogens with zero attached hydrogens (tertiary/aromatic N) is 1. The predicted octanol–water partition coefficient (Wildman–Crippen LogP) is 3.64. The van der Waals surface area contributed by atoms with Gasteiger partial charge in [-0.25, -0.2) is 4.39 Å². The molecule has 0 bridgehead atoms. The first kappa shape index (κ1) is 14.9. The molecule has 100 valence electrons. The fourth-order valence-corrected chi connectivity index (χ4v) is 1.98. The van der Waals surface area contributed by atoms with Crippen molar-refractivity contribution in [2.75, 3.05) is 18.0 Å². The highest BCUT2D eigenvalue weighted by atomic mass is 32.1. The largest absolute Gasteiger partial charge is 0.398 e. The Morgan fingerprint density at radius 3 is 2.33 bits per heavy atom. The molecule has 0 atom stereocenters. The fourth-order valence-electron chi connectivity index (χ4n) is 1.85. The van der Waals surface area contributed by atoms with E-state index in [1.165, 1.54) is 6.07 Å². The summed E-state index contributed by atoms with van der Waals surface area (Å²) in [7, 11) is 0. The highest BCUT2D eigenvalue weighted by Gasteiger charge is 2.10. The maximum Gasteiger partial charge on any atom is 0.147 e. The lowest BCUT2D eigenvalue weighted by Gasteiger charge is -2.22. The van der Waals surface area contributed by atoms with Crippen molar-refractivity contribution in [1.29, 1.82) is 0 Å². The van der Waals surface area contributed by atoms with Gasteiger partial charge in [0, 0.05) is 29.3 Å². The molecule has 0 saturated heterocycles. The molecule has 1 aromatic rings. The third-order valence-electron chi connectivity index (χ3n) is 3.01. The minimum Gasteiger partial charge on any atom is -0.398 e. The van der Waals surface area contributed by atoms with E-state index in [0.717, 1.165) is 24.4 Å². The first-order valence-electron chi connectivity index (χ1n) is 6.27. The Balaban J connectivity index is 3.14. The molecule has 4 heteroatoms. The molecule has 0 saturated carbocycles. The molecule has 0 fully saturated rings. The molecule has 0 aliphatic carbocycles. The number of thiol groups is 1. The Kier molecular flexibility index (Phi) is 5.54. The third kappa shape index (κ3) is 3.19. The summed E-state index contributed by atoms with van der Waals surface area (Å²) in [6.45, 7) is 7.55. The van der Waals surface area contributed by atoms with Crippen LogP contribution >= 0.6 is 12.6 Å². The Morgan fingerprint density at radius 2 is 1.89 bits per heavy atom. The van der Waals surface area contributed by atoms with Crippen molar-refractivity contribution in [3.8, 4) is 0 Å². The van der Waals surface area contributed by atoms with Crippen molar-refractivity contribution >= 4 is 24.0 Å². The van der Waals surface area contributed by atoms with E-state index in [0.29, 0.717) is 16.9 Å². The van der Waals surface area contributed by atoms with Crippen LogP contribution in [0.2, 0.25) is 0 Å². The summed E-state index contributed by atoms with van der Waals surface area (Å²) in [6.07, 6.45) is 0.744. The van der Waals surface area contributed by atoms with Crippen molar-refractivity contribution in [1.82, 2.24) is 0 Å². The van der Waals surface area contributed by atoms with Gasteiger partial charge in [0.25, 0.3) is 0 Å². The van der Waals surface area contributed by atoms with Crippen LogP contribution < -0.4 is 10.6 Å². The molecule has 0 aliphatic rings. The van der Waals surface area contributed by atoms with Gasteiger partial charge in [0.1, 0.15) is 5.82 Å². The number of rotatable bonds is 5. The van der Waals surface area contributed by atoms with E-state index >= 15 is 0 Å². The number of benzene rings is 1. The third-order valence-corrected chi connectivity index (χ3v) is 3.57. The van der Waals surface area contributed by atoms with E-state index in [1.807, 2.05) is 31.7 Å². The second kappa shape index (κ2) is 6.69. The summed E-state index contributed by atoms with van der Waals surface area (Å²) < 4.78 is 14.1. The minimum absolute atomic E-state index is 0.239. The molecule has 2 N–H and O–H groups in total. The summed E-state index contributed by atoms with van der Waals surface area (Å²) in [5, 5.41) is 0. The van der Waals surface area contributed by atoms with Crippen molar-refractivity contribution in [2.45, 2.75) is 27.2 Å². The molecular formula is C14H21FN2S. The lowest BCUT2D eigenvalue weighted by atomic mass is 10.1. The van der Waals surface area contributed by atoms with Crippen LogP contribution in [-0.4, -0.2) is 13.1 Å². The molecular weight excluding hydrogens is 247 g/mol. The number of allylic oxidation sites excluding steroid dienone is 1. The molecule has 0 radical (unpaired) electrons. The van der Waals surface area contributed by atoms with Gasteiger partial charge in [0.2, 0.25) is 0 Å². The van der Waals surface area contributed by atoms with E-state index in [2.05, 4.69) is 12.6 Å². The van der Waals surface area contributed by atoms with Gasteiger partial charge in [0.05, 0.1) is 5.69 Å². The molecule has 2 nitrogen and oxygen atoms in total. The highest BCUT2D eigenvalue weighted by Crippen LogP contribution is 2.25. The number of nitrogens with two attached hydrogens (primary N) is 1. The smallest absolute Gasteiger partial charge is 0.147 e. The van der Waals surface area contributed by atoms with Crippen molar-refractivity contribution in [2.24, 2.45) is 5.73 Å². The van der Waals surface area contributed by atoms with E-state index in [4.69, 9.17) is 5.73 Å². The Bertz CT molecular complexity index is 439. The average molecular weight is 268 g/mol. The van der Waals surface area contributed by atoms with Crippen LogP contribution in [0.15, 0.2) is 23.1 Å². The maximum atomic E-state index is 14.1. The van der Waals surface area contributed by atoms with Crippen molar-refractivity contribution in [3.05, 3.63) is 34.5 Å². The van der Waals surface area contributed by atoms with Crippen molar-refractivity contribution < 1.29 is 4.39 Å². The van der Waals surface area contributed by atoms with E-state index < -0.39 is 0 Å². The lowest BCUT2D eigenvalue weighted by molar-refractivity contribution is 0.619. The zero-order chi connectivity index (χ0) is 13.7. The maximum absolute atomic E-state index is 14.1. The van der Waals surface area contributed by atoms with Gasteiger partial charge in [0.15, 0.2) is 0 Å². The normalized spacial score (nSPS) is 12.3. The minimum atomic E-state index is -0.239. The zero-order valence-corrected chi connectivity index (χ0v) is 12.1. The standard InChI is InChI=1S/C14H21FN2S/c1-4-13(18)14(16)10-7-8-12(11(15)9-10)17(5-2)6-3/h7-9,18H,4-6,16H2,1-3H3/b14-13-. The second-order valence-electron chi connectivity index (χ2n) is 4.05. The van der Waals surface area contributed by atoms with Crippen LogP contribution in [0, 0.1) is 5.82 Å². The van der Waals surface area contributed by atoms with Crippen molar-refractivity contribution in [3.63, 3.8) is 0 Å². The average Bonchev–Trinajstić information content (AvgIpc) is 2.40. The van der Waals surface area contributed by atoms with Gasteiger partial charge in [-0.2, -0.15) is 0 Å². The van der Waals surface area contributed by atoms with E-state index in [1.54, 1.807) is 6.07 Å². The number of hydrogen-bond acceptors (Lipinski definition) is 3. The van der Waals surface area contributed by atoms with Gasteiger partial charge in [-0.3, -0.25) is 0 Å². The summed E-state index contributed by atoms with van der Waals surface area (Å²) in [5.41, 5.74) is 7.79. The molecule has 0 aliphatic heterocycles. The Hall–Kier alpha value is -1.16. The second-order valence-corrected chi connectivity index (χ2v) is 4.59. The highest BCUT2D eigenvalue weighted by molar-refractivity contribution is 7.84. The molecule has 0 spiro atoms. The Morgan fingerprint density at radius 1 is 1.28 bits per heavy atom. The van der Waals surface area contributed by atoms with Crippen LogP contribution in [0.4, 0.5) is 10.1 Å². The molecule has 0 aromatic heterocycles. The quantitative estimate of drug-likeness (QED) is 0.798. The number of anilines is 1. The fraction of sp³-hybridized carbons (Fsp3) is 0.429. The van der Waals surface area contributed by atoms with Gasteiger partial charge >= 0.3 is 0 Å². The van der Waals surface area contributed by atoms with Gasteiger partial charge < -0.3 is 10.6 Å². The van der Waals surface area contributed by atoms with Gasteiger partial charge in [-0.1, -0.05) is 13.0 Å². The van der Waals surface area contributed by atoms with Crippen LogP contribution in [-0.2, 0) is 0 Å². The topological polar surface area (TPSA) is 29.3 Å². The number of hydrogen-bond donors (Lipinski definition) is 2. The zero-order valence-electron chi connectivity index (χ0n) is 11.2. The molecule has 18 heavy (non-hydrogen) atoms. The monoisotopic (exact) mass is 268 g/mol. The first-order chi connectivity index (χ1) is 8.54. The number of halogens is 1. The SMILES string of the molecule is CC/C(S)=C(/N)c1ccc(N(CC)CC)c(F)c1. The predicted molar refractivity (Wildman–Crippen MR) is 80.3 cm³/mol. The summed E-state index contributed by atoms with van der Waals surface area (Å²) in [6, 6.07) is 5.11. The molecule has 0 unspecified atom stereocenters. The summed E-state index contributed by atoms with van der Waals surface area (Å²) in [5.74, 6) is -0.239. The van der Waals surface area contributed by atoms with Crippen LogP contribution in [0.5, 0.6) is 0 Å². The molecule has 0 heterocycles. The van der Waals surface area contributed by atoms with Gasteiger partial charge in [-0.05, 0) is 32.4 Å². The summed E-state index contributed by atoms with van der Waals surface area (Å²) in [4.78, 5) is 2.76. The van der Waals surface area contributed by atoms with Crippen LogP contribution in [0.3, 0.4) is 0 Å². The molecule has 0 amide bonds. The van der Waals surface area contributed by atoms with E-state index in [9.17, 15) is 4.39 Å². The summed E-state index contributed by atoms with van der Waals surface area (Å²) >= 11 is 4.30. The first-order valence-corrected chi connectivity index (χ1v) is 6.72. The van der Waals surface area contributed by atoms with Crippen LogP contribution in [0.25, 0.3) is 5.70 Å². The Labute approximate surface area is 114 Å². The molecule has 1 aromatic carbocycles. The van der Waals surface area contributed by atoms with E-state index in [-0.39, 0.29) is 5.82 Å². The van der Waals surface area contributed by atoms with Crippen LogP contribution in [0.1, 0.15) is 32.8 Å². The van der Waals surface area contributed by atoms with Gasteiger partial charge in [-0.15, -0.1) is 12.6 Å².